The van der Waals surface area contributed by atoms with Gasteiger partial charge in [-0.1, -0.05) is 26.0 Å². The van der Waals surface area contributed by atoms with Crippen molar-refractivity contribution in [3.05, 3.63) is 35.5 Å². The number of ketones is 1. The summed E-state index contributed by atoms with van der Waals surface area (Å²) in [5.74, 6) is 0.0835. The van der Waals surface area contributed by atoms with E-state index in [1.807, 2.05) is 36.1 Å². The molecule has 1 heterocycles. The number of anilines is 2. The van der Waals surface area contributed by atoms with Gasteiger partial charge in [-0.15, -0.1) is 0 Å². The van der Waals surface area contributed by atoms with Crippen molar-refractivity contribution in [1.82, 2.24) is 5.32 Å². The van der Waals surface area contributed by atoms with E-state index in [2.05, 4.69) is 24.5 Å². The first-order chi connectivity index (χ1) is 12.8. The Kier molecular flexibility index (Phi) is 5.56. The summed E-state index contributed by atoms with van der Waals surface area (Å²) in [6.07, 6.45) is 1.35. The fourth-order valence-corrected chi connectivity index (χ4v) is 4.01. The maximum Gasteiger partial charge on any atom is 0.239 e. The monoisotopic (exact) mass is 371 g/mol. The number of benzene rings is 1. The van der Waals surface area contributed by atoms with Crippen LogP contribution in [0.3, 0.4) is 0 Å². The largest absolute Gasteiger partial charge is 0.383 e. The van der Waals surface area contributed by atoms with Gasteiger partial charge in [-0.05, 0) is 30.9 Å². The van der Waals surface area contributed by atoms with Gasteiger partial charge in [0, 0.05) is 31.3 Å². The molecule has 0 fully saturated rings. The van der Waals surface area contributed by atoms with Crippen LogP contribution < -0.4 is 15.5 Å². The van der Waals surface area contributed by atoms with Gasteiger partial charge in [0.2, 0.25) is 5.91 Å². The molecule has 0 radical (unpaired) electrons. The SMILES string of the molecule is COCCNC(=O)CN1c2ccccc2NC2=C(C(=O)CC(C)(C)C2)C1C. The van der Waals surface area contributed by atoms with Crippen LogP contribution in [-0.4, -0.2) is 44.5 Å². The smallest absolute Gasteiger partial charge is 0.239 e. The summed E-state index contributed by atoms with van der Waals surface area (Å²) >= 11 is 0. The number of allylic oxidation sites excluding steroid dienone is 1. The Morgan fingerprint density at radius 1 is 1.33 bits per heavy atom. The lowest BCUT2D eigenvalue weighted by Gasteiger charge is -2.36. The van der Waals surface area contributed by atoms with Crippen molar-refractivity contribution >= 4 is 23.1 Å². The summed E-state index contributed by atoms with van der Waals surface area (Å²) < 4.78 is 4.99. The number of ether oxygens (including phenoxy) is 1. The Hall–Kier alpha value is -2.34. The molecule has 0 aromatic heterocycles. The van der Waals surface area contributed by atoms with E-state index in [0.29, 0.717) is 19.6 Å². The summed E-state index contributed by atoms with van der Waals surface area (Å²) in [4.78, 5) is 27.4. The summed E-state index contributed by atoms with van der Waals surface area (Å²) in [5, 5.41) is 6.37. The average molecular weight is 371 g/mol. The molecule has 1 unspecified atom stereocenters. The molecule has 6 nitrogen and oxygen atoms in total. The molecule has 6 heteroatoms. The van der Waals surface area contributed by atoms with Gasteiger partial charge in [0.05, 0.1) is 30.6 Å². The standard InChI is InChI=1S/C21H29N3O3/c1-14-20-16(11-21(2,3)12-18(20)25)23-15-7-5-6-8-17(15)24(14)13-19(26)22-9-10-27-4/h5-8,14,23H,9-13H2,1-4H3,(H,22,26). The van der Waals surface area contributed by atoms with Gasteiger partial charge < -0.3 is 20.3 Å². The van der Waals surface area contributed by atoms with E-state index in [9.17, 15) is 9.59 Å². The molecule has 1 amide bonds. The quantitative estimate of drug-likeness (QED) is 0.779. The first kappa shape index (κ1) is 19.4. The highest BCUT2D eigenvalue weighted by Gasteiger charge is 2.39. The topological polar surface area (TPSA) is 70.7 Å². The summed E-state index contributed by atoms with van der Waals surface area (Å²) in [6, 6.07) is 7.75. The lowest BCUT2D eigenvalue weighted by Crippen LogP contribution is -2.45. The highest BCUT2D eigenvalue weighted by atomic mass is 16.5. The van der Waals surface area contributed by atoms with Crippen molar-refractivity contribution in [2.75, 3.05) is 37.0 Å². The zero-order valence-corrected chi connectivity index (χ0v) is 16.6. The number of rotatable bonds is 5. The third kappa shape index (κ3) is 4.16. The van der Waals surface area contributed by atoms with E-state index in [1.165, 1.54) is 0 Å². The number of hydrogen-bond acceptors (Lipinski definition) is 5. The normalized spacial score (nSPS) is 21.1. The molecule has 0 bridgehead atoms. The number of Topliss-reactive ketones (excluding diaryl/α,β-unsaturated/α-hetero) is 1. The number of amides is 1. The zero-order valence-electron chi connectivity index (χ0n) is 16.6. The van der Waals surface area contributed by atoms with Crippen LogP contribution >= 0.6 is 0 Å². The second kappa shape index (κ2) is 7.72. The lowest BCUT2D eigenvalue weighted by molar-refractivity contribution is -0.120. The van der Waals surface area contributed by atoms with E-state index >= 15 is 0 Å². The minimum Gasteiger partial charge on any atom is -0.383 e. The van der Waals surface area contributed by atoms with E-state index < -0.39 is 0 Å². The van der Waals surface area contributed by atoms with Crippen molar-refractivity contribution in [2.24, 2.45) is 5.41 Å². The molecule has 0 spiro atoms. The number of carbonyl (C=O) groups excluding carboxylic acids is 2. The maximum absolute atomic E-state index is 13.0. The van der Waals surface area contributed by atoms with Crippen LogP contribution in [0.5, 0.6) is 0 Å². The zero-order chi connectivity index (χ0) is 19.6. The van der Waals surface area contributed by atoms with Crippen LogP contribution in [0.25, 0.3) is 0 Å². The number of methoxy groups -OCH3 is 1. The third-order valence-electron chi connectivity index (χ3n) is 5.25. The Morgan fingerprint density at radius 2 is 2.07 bits per heavy atom. The fraction of sp³-hybridized carbons (Fsp3) is 0.524. The number of nitrogens with zero attached hydrogens (tertiary/aromatic N) is 1. The first-order valence-corrected chi connectivity index (χ1v) is 9.47. The van der Waals surface area contributed by atoms with Crippen molar-refractivity contribution in [2.45, 2.75) is 39.7 Å². The van der Waals surface area contributed by atoms with Crippen molar-refractivity contribution in [1.29, 1.82) is 0 Å². The predicted molar refractivity (Wildman–Crippen MR) is 107 cm³/mol. The molecule has 1 atom stereocenters. The second-order valence-electron chi connectivity index (χ2n) is 8.12. The highest BCUT2D eigenvalue weighted by Crippen LogP contribution is 2.43. The van der Waals surface area contributed by atoms with Crippen LogP contribution in [0.15, 0.2) is 35.5 Å². The molecule has 1 aliphatic heterocycles. The Balaban J connectivity index is 1.94. The summed E-state index contributed by atoms with van der Waals surface area (Å²) in [5.41, 5.74) is 3.59. The number of para-hydroxylation sites is 2. The minimum atomic E-state index is -0.173. The molecule has 2 aliphatic rings. The molecule has 1 aromatic rings. The van der Waals surface area contributed by atoms with Gasteiger partial charge in [-0.25, -0.2) is 0 Å². The first-order valence-electron chi connectivity index (χ1n) is 9.47. The molecular weight excluding hydrogens is 342 g/mol. The van der Waals surface area contributed by atoms with Gasteiger partial charge in [-0.3, -0.25) is 9.59 Å². The number of nitrogens with one attached hydrogen (secondary N) is 2. The molecule has 0 saturated heterocycles. The number of fused-ring (bicyclic) bond motifs is 1. The van der Waals surface area contributed by atoms with Crippen LogP contribution in [0, 0.1) is 5.41 Å². The molecular formula is C21H29N3O3. The predicted octanol–water partition coefficient (Wildman–Crippen LogP) is 2.71. The van der Waals surface area contributed by atoms with Gasteiger partial charge in [0.25, 0.3) is 0 Å². The van der Waals surface area contributed by atoms with Gasteiger partial charge >= 0.3 is 0 Å². The Bertz CT molecular complexity index is 770. The lowest BCUT2D eigenvalue weighted by atomic mass is 9.74. The number of carbonyl (C=O) groups is 2. The van der Waals surface area contributed by atoms with Crippen LogP contribution in [0.2, 0.25) is 0 Å². The van der Waals surface area contributed by atoms with E-state index in [0.717, 1.165) is 29.1 Å². The average Bonchev–Trinajstić information content (AvgIpc) is 2.69. The van der Waals surface area contributed by atoms with Gasteiger partial charge in [0.1, 0.15) is 0 Å². The van der Waals surface area contributed by atoms with Crippen LogP contribution in [0.4, 0.5) is 11.4 Å². The fourth-order valence-electron chi connectivity index (χ4n) is 4.01. The number of hydrogen-bond donors (Lipinski definition) is 2. The van der Waals surface area contributed by atoms with Crippen molar-refractivity contribution < 1.29 is 14.3 Å². The molecule has 27 heavy (non-hydrogen) atoms. The maximum atomic E-state index is 13.0. The van der Waals surface area contributed by atoms with E-state index in [-0.39, 0.29) is 29.7 Å². The third-order valence-corrected chi connectivity index (χ3v) is 5.25. The van der Waals surface area contributed by atoms with Crippen LogP contribution in [-0.2, 0) is 14.3 Å². The molecule has 2 N–H and O–H groups in total. The molecule has 146 valence electrons. The molecule has 1 aliphatic carbocycles. The van der Waals surface area contributed by atoms with Crippen molar-refractivity contribution in [3.63, 3.8) is 0 Å². The van der Waals surface area contributed by atoms with Gasteiger partial charge in [-0.2, -0.15) is 0 Å². The minimum absolute atomic E-state index is 0.0652. The summed E-state index contributed by atoms with van der Waals surface area (Å²) in [6.45, 7) is 7.40. The van der Waals surface area contributed by atoms with Crippen molar-refractivity contribution in [3.8, 4) is 0 Å². The molecule has 0 saturated carbocycles. The Morgan fingerprint density at radius 3 is 2.81 bits per heavy atom. The molecule has 3 rings (SSSR count). The highest BCUT2D eigenvalue weighted by molar-refractivity contribution is 6.01. The second-order valence-corrected chi connectivity index (χ2v) is 8.12. The van der Waals surface area contributed by atoms with Crippen LogP contribution in [0.1, 0.15) is 33.6 Å². The summed E-state index contributed by atoms with van der Waals surface area (Å²) in [7, 11) is 1.61. The van der Waals surface area contributed by atoms with Gasteiger partial charge in [0.15, 0.2) is 5.78 Å². The Labute approximate surface area is 161 Å². The van der Waals surface area contributed by atoms with E-state index in [1.54, 1.807) is 7.11 Å². The molecule has 1 aromatic carbocycles. The van der Waals surface area contributed by atoms with E-state index in [4.69, 9.17) is 4.74 Å².